The lowest BCUT2D eigenvalue weighted by Gasteiger charge is -2.25. The molecular formula is C23H29N3O3S2. The van der Waals surface area contributed by atoms with E-state index in [1.54, 1.807) is 49.1 Å². The molecule has 0 aliphatic rings. The van der Waals surface area contributed by atoms with Crippen LogP contribution in [0, 0.1) is 0 Å². The van der Waals surface area contributed by atoms with Gasteiger partial charge in [0, 0.05) is 18.0 Å². The van der Waals surface area contributed by atoms with Crippen molar-refractivity contribution in [2.24, 2.45) is 0 Å². The van der Waals surface area contributed by atoms with E-state index in [0.29, 0.717) is 28.7 Å². The number of fused-ring (bicyclic) bond motifs is 1. The van der Waals surface area contributed by atoms with Gasteiger partial charge in [-0.2, -0.15) is 0 Å². The average Bonchev–Trinajstić information content (AvgIpc) is 3.24. The first-order chi connectivity index (χ1) is 15.1. The second-order valence-electron chi connectivity index (χ2n) is 6.83. The van der Waals surface area contributed by atoms with Gasteiger partial charge in [0.15, 0.2) is 16.6 Å². The van der Waals surface area contributed by atoms with Crippen molar-refractivity contribution in [3.8, 4) is 11.5 Å². The number of nitrogens with zero attached hydrogens (tertiary/aromatic N) is 3. The lowest BCUT2D eigenvalue weighted by Crippen LogP contribution is -2.39. The number of carbonyl (C=O) groups is 1. The van der Waals surface area contributed by atoms with Crippen LogP contribution in [0.2, 0.25) is 0 Å². The molecule has 166 valence electrons. The molecule has 6 nitrogen and oxygen atoms in total. The van der Waals surface area contributed by atoms with E-state index in [1.165, 1.54) is 11.3 Å². The first kappa shape index (κ1) is 23.4. The number of para-hydroxylation sites is 2. The van der Waals surface area contributed by atoms with Crippen molar-refractivity contribution in [3.05, 3.63) is 42.0 Å². The van der Waals surface area contributed by atoms with E-state index in [-0.39, 0.29) is 5.91 Å². The van der Waals surface area contributed by atoms with Crippen LogP contribution in [-0.4, -0.2) is 62.4 Å². The van der Waals surface area contributed by atoms with Crippen LogP contribution in [0.15, 0.2) is 41.3 Å². The molecule has 0 atom stereocenters. The van der Waals surface area contributed by atoms with Gasteiger partial charge in [0.05, 0.1) is 30.0 Å². The summed E-state index contributed by atoms with van der Waals surface area (Å²) in [5.41, 5.74) is 1.40. The van der Waals surface area contributed by atoms with Gasteiger partial charge >= 0.3 is 0 Å². The molecule has 0 fully saturated rings. The number of hydrogen-bond acceptors (Lipinski definition) is 7. The molecule has 1 amide bonds. The molecule has 3 rings (SSSR count). The number of methoxy groups -OCH3 is 2. The highest BCUT2D eigenvalue weighted by molar-refractivity contribution is 7.98. The van der Waals surface area contributed by atoms with Gasteiger partial charge in [0.1, 0.15) is 0 Å². The van der Waals surface area contributed by atoms with Crippen LogP contribution < -0.4 is 14.4 Å². The van der Waals surface area contributed by atoms with Gasteiger partial charge in [-0.05, 0) is 43.6 Å². The zero-order valence-corrected chi connectivity index (χ0v) is 20.3. The Labute approximate surface area is 192 Å². The average molecular weight is 460 g/mol. The predicted molar refractivity (Wildman–Crippen MR) is 130 cm³/mol. The van der Waals surface area contributed by atoms with E-state index in [9.17, 15) is 4.79 Å². The normalized spacial score (nSPS) is 11.2. The minimum atomic E-state index is -0.146. The lowest BCUT2D eigenvalue weighted by atomic mass is 10.1. The number of ether oxygens (including phenoxy) is 2. The molecule has 1 aromatic heterocycles. The Morgan fingerprint density at radius 3 is 2.45 bits per heavy atom. The first-order valence-electron chi connectivity index (χ1n) is 10.3. The van der Waals surface area contributed by atoms with E-state index in [2.05, 4.69) is 30.9 Å². The quantitative estimate of drug-likeness (QED) is 0.397. The Bertz CT molecular complexity index is 1030. The second-order valence-corrected chi connectivity index (χ2v) is 8.69. The smallest absolute Gasteiger partial charge is 0.264 e. The molecule has 0 spiro atoms. The Morgan fingerprint density at radius 2 is 1.81 bits per heavy atom. The topological polar surface area (TPSA) is 54.9 Å². The summed E-state index contributed by atoms with van der Waals surface area (Å²) in [6.07, 6.45) is 2.04. The maximum Gasteiger partial charge on any atom is 0.264 e. The van der Waals surface area contributed by atoms with Gasteiger partial charge in [-0.25, -0.2) is 4.98 Å². The summed E-state index contributed by atoms with van der Waals surface area (Å²) in [4.78, 5) is 23.8. The van der Waals surface area contributed by atoms with Crippen LogP contribution in [0.5, 0.6) is 11.5 Å². The predicted octanol–water partition coefficient (Wildman–Crippen LogP) is 5.02. The molecule has 0 bridgehead atoms. The number of benzene rings is 2. The van der Waals surface area contributed by atoms with Gasteiger partial charge in [-0.3, -0.25) is 9.69 Å². The van der Waals surface area contributed by atoms with E-state index < -0.39 is 0 Å². The van der Waals surface area contributed by atoms with Gasteiger partial charge in [-0.15, -0.1) is 11.8 Å². The van der Waals surface area contributed by atoms with Crippen molar-refractivity contribution >= 4 is 44.4 Å². The van der Waals surface area contributed by atoms with Crippen LogP contribution in [-0.2, 0) is 0 Å². The third kappa shape index (κ3) is 4.97. The minimum absolute atomic E-state index is 0.146. The SMILES string of the molecule is CCN(CC)CCN(C(=O)c1cccc(OC)c1OC)c1nc2c(SC)cccc2s1. The van der Waals surface area contributed by atoms with E-state index in [4.69, 9.17) is 14.5 Å². The maximum absolute atomic E-state index is 13.7. The molecule has 0 N–H and O–H groups in total. The molecule has 1 heterocycles. The van der Waals surface area contributed by atoms with Crippen molar-refractivity contribution in [3.63, 3.8) is 0 Å². The largest absolute Gasteiger partial charge is 0.493 e. The molecule has 0 aliphatic carbocycles. The molecule has 31 heavy (non-hydrogen) atoms. The summed E-state index contributed by atoms with van der Waals surface area (Å²) >= 11 is 3.20. The van der Waals surface area contributed by atoms with Crippen LogP contribution in [0.25, 0.3) is 10.2 Å². The molecule has 8 heteroatoms. The van der Waals surface area contributed by atoms with E-state index in [1.807, 2.05) is 12.3 Å². The highest BCUT2D eigenvalue weighted by Crippen LogP contribution is 2.36. The Hall–Kier alpha value is -2.29. The number of likely N-dealkylation sites (N-methyl/N-ethyl adjacent to an activating group) is 1. The van der Waals surface area contributed by atoms with E-state index in [0.717, 1.165) is 34.7 Å². The van der Waals surface area contributed by atoms with Gasteiger partial charge in [-0.1, -0.05) is 37.3 Å². The molecule has 0 saturated carbocycles. The number of aromatic nitrogens is 1. The Balaban J connectivity index is 2.06. The molecule has 0 aliphatic heterocycles. The van der Waals surface area contributed by atoms with Crippen molar-refractivity contribution in [2.75, 3.05) is 51.6 Å². The highest BCUT2D eigenvalue weighted by atomic mass is 32.2. The third-order valence-electron chi connectivity index (χ3n) is 5.23. The van der Waals surface area contributed by atoms with Gasteiger partial charge < -0.3 is 14.4 Å². The summed E-state index contributed by atoms with van der Waals surface area (Å²) in [7, 11) is 3.12. The van der Waals surface area contributed by atoms with Crippen molar-refractivity contribution in [2.45, 2.75) is 18.7 Å². The minimum Gasteiger partial charge on any atom is -0.493 e. The number of hydrogen-bond donors (Lipinski definition) is 0. The Kier molecular flexibility index (Phi) is 8.17. The maximum atomic E-state index is 13.7. The number of amides is 1. The number of carbonyl (C=O) groups excluding carboxylic acids is 1. The van der Waals surface area contributed by atoms with Crippen LogP contribution >= 0.6 is 23.1 Å². The Morgan fingerprint density at radius 1 is 1.06 bits per heavy atom. The molecular weight excluding hydrogens is 430 g/mol. The fourth-order valence-corrected chi connectivity index (χ4v) is 5.10. The number of thioether (sulfide) groups is 1. The fourth-order valence-electron chi connectivity index (χ4n) is 3.46. The lowest BCUT2D eigenvalue weighted by molar-refractivity contribution is 0.0980. The summed E-state index contributed by atoms with van der Waals surface area (Å²) < 4.78 is 12.0. The molecule has 0 radical (unpaired) electrons. The third-order valence-corrected chi connectivity index (χ3v) is 7.05. The first-order valence-corrected chi connectivity index (χ1v) is 12.3. The molecule has 0 saturated heterocycles. The number of rotatable bonds is 10. The van der Waals surface area contributed by atoms with Gasteiger partial charge in [0.2, 0.25) is 0 Å². The summed E-state index contributed by atoms with van der Waals surface area (Å²) in [6.45, 7) is 7.41. The zero-order chi connectivity index (χ0) is 22.4. The van der Waals surface area contributed by atoms with Crippen LogP contribution in [0.3, 0.4) is 0 Å². The van der Waals surface area contributed by atoms with Gasteiger partial charge in [0.25, 0.3) is 5.91 Å². The molecule has 3 aromatic rings. The molecule has 0 unspecified atom stereocenters. The number of thiazole rings is 1. The monoisotopic (exact) mass is 459 g/mol. The standard InChI is InChI=1S/C23H29N3O3S2/c1-6-25(7-2)14-15-26(22(27)16-10-8-11-17(28-3)21(16)29-4)23-24-20-18(30-5)12-9-13-19(20)31-23/h8-13H,6-7,14-15H2,1-5H3. The van der Waals surface area contributed by atoms with Crippen LogP contribution in [0.1, 0.15) is 24.2 Å². The molecule has 2 aromatic carbocycles. The van der Waals surface area contributed by atoms with Crippen molar-refractivity contribution in [1.29, 1.82) is 0 Å². The summed E-state index contributed by atoms with van der Waals surface area (Å²) in [5.74, 6) is 0.826. The summed E-state index contributed by atoms with van der Waals surface area (Å²) in [5, 5.41) is 0.693. The summed E-state index contributed by atoms with van der Waals surface area (Å²) in [6, 6.07) is 11.5. The van der Waals surface area contributed by atoms with Crippen molar-refractivity contribution < 1.29 is 14.3 Å². The number of anilines is 1. The van der Waals surface area contributed by atoms with Crippen LogP contribution in [0.4, 0.5) is 5.13 Å². The fraction of sp³-hybridized carbons (Fsp3) is 0.391. The van der Waals surface area contributed by atoms with Crippen molar-refractivity contribution in [1.82, 2.24) is 9.88 Å². The second kappa shape index (κ2) is 10.8. The van der Waals surface area contributed by atoms with E-state index >= 15 is 0 Å². The highest BCUT2D eigenvalue weighted by Gasteiger charge is 2.26. The zero-order valence-electron chi connectivity index (χ0n) is 18.7.